The van der Waals surface area contributed by atoms with Gasteiger partial charge in [0.1, 0.15) is 18.2 Å². The van der Waals surface area contributed by atoms with E-state index in [1.807, 2.05) is 24.3 Å². The summed E-state index contributed by atoms with van der Waals surface area (Å²) in [7, 11) is 1.66. The Morgan fingerprint density at radius 3 is 2.50 bits per heavy atom. The largest absolute Gasteiger partial charge is 0.492 e. The molecular weight excluding hydrogens is 580 g/mol. The van der Waals surface area contributed by atoms with Crippen LogP contribution in [-0.4, -0.2) is 65.1 Å². The molecule has 12 heteroatoms. The predicted molar refractivity (Wildman–Crippen MR) is 173 cm³/mol. The van der Waals surface area contributed by atoms with Gasteiger partial charge in [0.15, 0.2) is 0 Å². The zero-order chi connectivity index (χ0) is 31.1. The van der Waals surface area contributed by atoms with Gasteiger partial charge in [-0.1, -0.05) is 25.4 Å². The smallest absolute Gasteiger partial charge is 0.330 e. The lowest BCUT2D eigenvalue weighted by Gasteiger charge is -2.34. The van der Waals surface area contributed by atoms with Gasteiger partial charge >= 0.3 is 6.03 Å². The minimum Gasteiger partial charge on any atom is -0.492 e. The van der Waals surface area contributed by atoms with Crippen molar-refractivity contribution in [3.8, 4) is 5.75 Å². The number of fused-ring (bicyclic) bond motifs is 1. The van der Waals surface area contributed by atoms with E-state index in [1.54, 1.807) is 60.9 Å². The van der Waals surface area contributed by atoms with Crippen molar-refractivity contribution in [1.29, 1.82) is 0 Å². The van der Waals surface area contributed by atoms with Crippen molar-refractivity contribution in [3.05, 3.63) is 89.3 Å². The van der Waals surface area contributed by atoms with E-state index in [4.69, 9.17) is 16.3 Å². The molecule has 4 aromatic rings. The van der Waals surface area contributed by atoms with Crippen molar-refractivity contribution in [1.82, 2.24) is 19.9 Å². The monoisotopic (exact) mass is 614 g/mol. The van der Waals surface area contributed by atoms with Crippen LogP contribution in [0.4, 0.5) is 33.6 Å². The van der Waals surface area contributed by atoms with Gasteiger partial charge in [0, 0.05) is 49.1 Å². The molecule has 2 aromatic heterocycles. The molecule has 228 valence electrons. The number of amides is 3. The number of pyridine rings is 1. The number of halogens is 1. The van der Waals surface area contributed by atoms with E-state index in [0.29, 0.717) is 34.8 Å². The Morgan fingerprint density at radius 2 is 1.77 bits per heavy atom. The zero-order valence-electron chi connectivity index (χ0n) is 25.0. The average molecular weight is 615 g/mol. The average Bonchev–Trinajstić information content (AvgIpc) is 3.03. The molecule has 44 heavy (non-hydrogen) atoms. The lowest BCUT2D eigenvalue weighted by atomic mass is 10.1. The Labute approximate surface area is 261 Å². The Morgan fingerprint density at radius 1 is 1.05 bits per heavy atom. The van der Waals surface area contributed by atoms with Crippen molar-refractivity contribution >= 4 is 52.4 Å². The van der Waals surface area contributed by atoms with Crippen LogP contribution in [0.2, 0.25) is 5.02 Å². The number of rotatable bonds is 12. The highest BCUT2D eigenvalue weighted by Gasteiger charge is 2.32. The molecule has 0 atom stereocenters. The first-order chi connectivity index (χ1) is 21.3. The number of anilines is 5. The first-order valence-electron chi connectivity index (χ1n) is 14.5. The van der Waals surface area contributed by atoms with Gasteiger partial charge < -0.3 is 20.3 Å². The molecule has 0 radical (unpaired) electrons. The minimum atomic E-state index is -0.310. The summed E-state index contributed by atoms with van der Waals surface area (Å²) in [4.78, 5) is 44.5. The number of likely N-dealkylation sites (N-methyl/N-ethyl adjacent to an activating group) is 1. The summed E-state index contributed by atoms with van der Waals surface area (Å²) in [6.45, 7) is 7.98. The number of carbonyl (C=O) groups is 2. The number of nitrogens with zero attached hydrogens (tertiary/aromatic N) is 6. The fourth-order valence-electron chi connectivity index (χ4n) is 4.84. The molecule has 1 aliphatic rings. The molecule has 2 aromatic carbocycles. The maximum Gasteiger partial charge on any atom is 0.330 e. The molecule has 11 nitrogen and oxygen atoms in total. The molecule has 0 spiro atoms. The fourth-order valence-corrected chi connectivity index (χ4v) is 5.06. The zero-order valence-corrected chi connectivity index (χ0v) is 25.7. The van der Waals surface area contributed by atoms with Crippen LogP contribution in [0.5, 0.6) is 5.75 Å². The van der Waals surface area contributed by atoms with E-state index in [-0.39, 0.29) is 24.9 Å². The van der Waals surface area contributed by atoms with E-state index in [9.17, 15) is 9.59 Å². The summed E-state index contributed by atoms with van der Waals surface area (Å²) in [6.07, 6.45) is 5.18. The normalized spacial score (nSPS) is 12.7. The van der Waals surface area contributed by atoms with Crippen LogP contribution in [0.15, 0.2) is 73.2 Å². The second-order valence-corrected chi connectivity index (χ2v) is 10.6. The van der Waals surface area contributed by atoms with E-state index < -0.39 is 0 Å². The van der Waals surface area contributed by atoms with Crippen molar-refractivity contribution in [2.75, 3.05) is 53.7 Å². The van der Waals surface area contributed by atoms with Crippen molar-refractivity contribution in [2.24, 2.45) is 0 Å². The summed E-state index contributed by atoms with van der Waals surface area (Å²) in [6, 6.07) is 15.9. The predicted octanol–water partition coefficient (Wildman–Crippen LogP) is 5.75. The molecule has 3 heterocycles. The fraction of sp³-hybridized carbons (Fsp3) is 0.281. The summed E-state index contributed by atoms with van der Waals surface area (Å²) in [5.41, 5.74) is 3.38. The standard InChI is InChI=1S/C32H35ClN8O3/c1-4-40(5-2)16-17-44-26-9-6-24(7-10-26)37-31-35-20-23-21-41(32(43)39(3)30(23)38-31)28-19-25(8-11-27(28)33)36-29(42)18-22-12-14-34-15-13-22/h6-15,19-20H,4-5,16-18,21H2,1-3H3,(H,36,42)(H,35,37,38). The molecule has 0 bridgehead atoms. The third-order valence-electron chi connectivity index (χ3n) is 7.32. The van der Waals surface area contributed by atoms with Crippen LogP contribution in [0, 0.1) is 0 Å². The van der Waals surface area contributed by atoms with Gasteiger partial charge in [-0.3, -0.25) is 19.6 Å². The maximum absolute atomic E-state index is 13.5. The van der Waals surface area contributed by atoms with Gasteiger partial charge in [0.25, 0.3) is 0 Å². The highest BCUT2D eigenvalue weighted by Crippen LogP contribution is 2.35. The first-order valence-corrected chi connectivity index (χ1v) is 14.8. The number of hydrogen-bond donors (Lipinski definition) is 2. The highest BCUT2D eigenvalue weighted by atomic mass is 35.5. The molecule has 0 saturated carbocycles. The van der Waals surface area contributed by atoms with E-state index in [0.717, 1.165) is 42.2 Å². The Bertz CT molecular complexity index is 1600. The number of hydrogen-bond acceptors (Lipinski definition) is 8. The Hall–Kier alpha value is -4.74. The van der Waals surface area contributed by atoms with E-state index in [2.05, 4.69) is 44.3 Å². The minimum absolute atomic E-state index is 0.192. The maximum atomic E-state index is 13.5. The third-order valence-corrected chi connectivity index (χ3v) is 7.64. The molecule has 0 saturated heterocycles. The molecule has 0 fully saturated rings. The highest BCUT2D eigenvalue weighted by molar-refractivity contribution is 6.34. The second kappa shape index (κ2) is 14.2. The Balaban J connectivity index is 1.25. The summed E-state index contributed by atoms with van der Waals surface area (Å²) in [5.74, 6) is 1.46. The third kappa shape index (κ3) is 7.42. The van der Waals surface area contributed by atoms with Crippen LogP contribution >= 0.6 is 11.6 Å². The lowest BCUT2D eigenvalue weighted by molar-refractivity contribution is -0.115. The number of urea groups is 1. The molecule has 1 aliphatic heterocycles. The Kier molecular flexibility index (Phi) is 9.88. The lowest BCUT2D eigenvalue weighted by Crippen LogP contribution is -2.46. The summed E-state index contributed by atoms with van der Waals surface area (Å²) < 4.78 is 5.87. The summed E-state index contributed by atoms with van der Waals surface area (Å²) in [5, 5.41) is 6.46. The molecule has 0 unspecified atom stereocenters. The van der Waals surface area contributed by atoms with Crippen LogP contribution in [0.25, 0.3) is 0 Å². The number of aromatic nitrogens is 3. The van der Waals surface area contributed by atoms with Gasteiger partial charge in [0.05, 0.1) is 23.7 Å². The van der Waals surface area contributed by atoms with Gasteiger partial charge in [0.2, 0.25) is 11.9 Å². The second-order valence-electron chi connectivity index (χ2n) is 10.2. The quantitative estimate of drug-likeness (QED) is 0.207. The first kappa shape index (κ1) is 30.7. The molecular formula is C32H35ClN8O3. The van der Waals surface area contributed by atoms with Gasteiger partial charge in [-0.05, 0) is 73.3 Å². The van der Waals surface area contributed by atoms with Gasteiger partial charge in [-0.2, -0.15) is 4.98 Å². The molecule has 5 rings (SSSR count). The SMILES string of the molecule is CCN(CC)CCOc1ccc(Nc2ncc3c(n2)N(C)C(=O)N(c2cc(NC(=O)Cc4ccncc4)ccc2Cl)C3)cc1. The van der Waals surface area contributed by atoms with Crippen LogP contribution in [0.3, 0.4) is 0 Å². The van der Waals surface area contributed by atoms with Crippen LogP contribution in [0.1, 0.15) is 25.0 Å². The number of nitrogens with one attached hydrogen (secondary N) is 2. The van der Waals surface area contributed by atoms with E-state index in [1.165, 1.54) is 4.90 Å². The molecule has 0 aliphatic carbocycles. The van der Waals surface area contributed by atoms with Crippen molar-refractivity contribution in [2.45, 2.75) is 26.8 Å². The van der Waals surface area contributed by atoms with Gasteiger partial charge in [-0.15, -0.1) is 0 Å². The van der Waals surface area contributed by atoms with Crippen LogP contribution in [-0.2, 0) is 17.8 Å². The van der Waals surface area contributed by atoms with E-state index >= 15 is 0 Å². The van der Waals surface area contributed by atoms with Crippen molar-refractivity contribution in [3.63, 3.8) is 0 Å². The molecule has 2 N–H and O–H groups in total. The summed E-state index contributed by atoms with van der Waals surface area (Å²) >= 11 is 6.53. The number of benzene rings is 2. The van der Waals surface area contributed by atoms with Crippen molar-refractivity contribution < 1.29 is 14.3 Å². The number of carbonyl (C=O) groups excluding carboxylic acids is 2. The topological polar surface area (TPSA) is 116 Å². The van der Waals surface area contributed by atoms with Crippen LogP contribution < -0.4 is 25.2 Å². The molecule has 3 amide bonds. The number of ether oxygens (including phenoxy) is 1. The van der Waals surface area contributed by atoms with Gasteiger partial charge in [-0.25, -0.2) is 9.78 Å².